The maximum absolute atomic E-state index is 10.3. The van der Waals surface area contributed by atoms with Crippen molar-refractivity contribution in [2.45, 2.75) is 19.8 Å². The van der Waals surface area contributed by atoms with E-state index in [1.54, 1.807) is 0 Å². The molecule has 0 rings (SSSR count). The molecule has 0 bridgehead atoms. The highest BCUT2D eigenvalue weighted by Crippen LogP contribution is 2.15. The Balaban J connectivity index is 3.78. The van der Waals surface area contributed by atoms with Crippen molar-refractivity contribution in [3.8, 4) is 0 Å². The molecule has 0 spiro atoms. The zero-order chi connectivity index (χ0) is 13.1. The van der Waals surface area contributed by atoms with E-state index in [-0.39, 0.29) is 13.2 Å². The molecule has 2 atom stereocenters. The van der Waals surface area contributed by atoms with Crippen LogP contribution >= 0.6 is 16.5 Å². The van der Waals surface area contributed by atoms with E-state index in [0.717, 1.165) is 19.4 Å². The Morgan fingerprint density at radius 3 is 1.82 bits per heavy atom. The van der Waals surface area contributed by atoms with Crippen LogP contribution in [0.2, 0.25) is 0 Å². The lowest BCUT2D eigenvalue weighted by Gasteiger charge is -2.18. The van der Waals surface area contributed by atoms with Crippen molar-refractivity contribution in [3.63, 3.8) is 0 Å². The molecule has 2 unspecified atom stereocenters. The van der Waals surface area contributed by atoms with Crippen LogP contribution in [0.15, 0.2) is 0 Å². The Bertz CT molecular complexity index is 220. The van der Waals surface area contributed by atoms with Gasteiger partial charge in [0.25, 0.3) is 0 Å². The molecule has 2 N–H and O–H groups in total. The predicted octanol–water partition coefficient (Wildman–Crippen LogP) is 1.42. The largest absolute Gasteiger partial charge is 0.694 e. The fourth-order valence-corrected chi connectivity index (χ4v) is 1.69. The first kappa shape index (κ1) is 17.0. The van der Waals surface area contributed by atoms with Gasteiger partial charge in [0.2, 0.25) is 0 Å². The predicted molar refractivity (Wildman–Crippen MR) is 62.9 cm³/mol. The number of nitrogens with zero attached hydrogens (tertiary/aromatic N) is 1. The number of hydrogen-bond donors (Lipinski definition) is 2. The normalized spacial score (nSPS) is 12.9. The summed E-state index contributed by atoms with van der Waals surface area (Å²) in [7, 11) is -5.12. The molecule has 0 aliphatic rings. The van der Waals surface area contributed by atoms with Gasteiger partial charge in [0, 0.05) is 22.2 Å². The van der Waals surface area contributed by atoms with Crippen LogP contribution in [-0.2, 0) is 18.2 Å². The van der Waals surface area contributed by atoms with Crippen LogP contribution in [0.5, 0.6) is 0 Å². The van der Waals surface area contributed by atoms with Crippen LogP contribution in [0.3, 0.4) is 0 Å². The third kappa shape index (κ3) is 12.2. The highest BCUT2D eigenvalue weighted by molar-refractivity contribution is 7.32. The minimum Gasteiger partial charge on any atom is -0.298 e. The molecule has 100 valence electrons. The summed E-state index contributed by atoms with van der Waals surface area (Å²) in [6.45, 7) is 4.15. The SMILES string of the molecule is CCCCN(CCO[P+](=O)O)CCO[P+](=O)O. The Labute approximate surface area is 103 Å². The average molecular weight is 287 g/mol. The van der Waals surface area contributed by atoms with Gasteiger partial charge in [0.15, 0.2) is 0 Å². The summed E-state index contributed by atoms with van der Waals surface area (Å²) < 4.78 is 29.7. The van der Waals surface area contributed by atoms with Gasteiger partial charge in [-0.1, -0.05) is 13.3 Å². The molecular formula is C8H19NO6P2+2. The first-order valence-corrected chi connectivity index (χ1v) is 7.62. The van der Waals surface area contributed by atoms with Gasteiger partial charge in [-0.05, 0) is 13.0 Å². The molecule has 0 aromatic rings. The zero-order valence-electron chi connectivity index (χ0n) is 9.82. The molecule has 0 aromatic heterocycles. The van der Waals surface area contributed by atoms with Crippen molar-refractivity contribution in [3.05, 3.63) is 0 Å². The van der Waals surface area contributed by atoms with Crippen molar-refractivity contribution in [1.29, 1.82) is 0 Å². The summed E-state index contributed by atoms with van der Waals surface area (Å²) in [5, 5.41) is 0. The van der Waals surface area contributed by atoms with Gasteiger partial charge in [0.05, 0.1) is 0 Å². The average Bonchev–Trinajstić information content (AvgIpc) is 2.24. The summed E-state index contributed by atoms with van der Waals surface area (Å²) in [4.78, 5) is 18.9. The molecule has 0 amide bonds. The first-order valence-electron chi connectivity index (χ1n) is 5.36. The molecule has 9 heteroatoms. The van der Waals surface area contributed by atoms with Gasteiger partial charge >= 0.3 is 16.5 Å². The first-order chi connectivity index (χ1) is 8.06. The Kier molecular flexibility index (Phi) is 11.1. The number of unbranched alkanes of at least 4 members (excludes halogenated alkanes) is 1. The summed E-state index contributed by atoms with van der Waals surface area (Å²) in [6, 6.07) is 0. The van der Waals surface area contributed by atoms with E-state index in [0.29, 0.717) is 13.1 Å². The molecule has 0 saturated carbocycles. The van der Waals surface area contributed by atoms with Gasteiger partial charge in [-0.25, -0.2) is 0 Å². The summed E-state index contributed by atoms with van der Waals surface area (Å²) in [5.41, 5.74) is 0. The van der Waals surface area contributed by atoms with E-state index in [1.807, 2.05) is 4.90 Å². The standard InChI is InChI=1S/C8H17NO6P2/c1-2-3-4-9(5-7-14-16(10)11)6-8-15-17(12)13/h2-8H2,1H3/p+2. The van der Waals surface area contributed by atoms with Crippen molar-refractivity contribution in [2.75, 3.05) is 32.8 Å². The fraction of sp³-hybridized carbons (Fsp3) is 1.00. The lowest BCUT2D eigenvalue weighted by Crippen LogP contribution is -2.31. The lowest BCUT2D eigenvalue weighted by atomic mass is 10.3. The quantitative estimate of drug-likeness (QED) is 0.555. The third-order valence-corrected chi connectivity index (χ3v) is 2.85. The molecule has 0 aliphatic heterocycles. The maximum atomic E-state index is 10.3. The lowest BCUT2D eigenvalue weighted by molar-refractivity contribution is 0.169. The molecule has 7 nitrogen and oxygen atoms in total. The minimum atomic E-state index is -2.56. The van der Waals surface area contributed by atoms with E-state index in [9.17, 15) is 9.13 Å². The van der Waals surface area contributed by atoms with Crippen molar-refractivity contribution in [2.24, 2.45) is 0 Å². The van der Waals surface area contributed by atoms with Crippen LogP contribution in [-0.4, -0.2) is 47.5 Å². The highest BCUT2D eigenvalue weighted by atomic mass is 31.1. The van der Waals surface area contributed by atoms with E-state index < -0.39 is 16.5 Å². The fourth-order valence-electron chi connectivity index (χ4n) is 1.21. The second-order valence-corrected chi connectivity index (χ2v) is 4.81. The molecule has 0 fully saturated rings. The van der Waals surface area contributed by atoms with Crippen LogP contribution in [0.1, 0.15) is 19.8 Å². The van der Waals surface area contributed by atoms with Crippen LogP contribution in [0, 0.1) is 0 Å². The molecule has 0 heterocycles. The summed E-state index contributed by atoms with van der Waals surface area (Å²) >= 11 is 0. The van der Waals surface area contributed by atoms with Crippen molar-refractivity contribution in [1.82, 2.24) is 4.90 Å². The van der Waals surface area contributed by atoms with Gasteiger partial charge in [0.1, 0.15) is 13.2 Å². The summed E-state index contributed by atoms with van der Waals surface area (Å²) in [5.74, 6) is 0. The number of hydrogen-bond acceptors (Lipinski definition) is 5. The van der Waals surface area contributed by atoms with Gasteiger partial charge in [-0.15, -0.1) is 18.8 Å². The van der Waals surface area contributed by atoms with E-state index in [4.69, 9.17) is 9.79 Å². The van der Waals surface area contributed by atoms with Crippen LogP contribution < -0.4 is 0 Å². The molecule has 0 aliphatic carbocycles. The Morgan fingerprint density at radius 2 is 1.47 bits per heavy atom. The van der Waals surface area contributed by atoms with E-state index >= 15 is 0 Å². The van der Waals surface area contributed by atoms with Gasteiger partial charge < -0.3 is 0 Å². The molecule has 0 aromatic carbocycles. The second kappa shape index (κ2) is 11.1. The van der Waals surface area contributed by atoms with Crippen LogP contribution in [0.4, 0.5) is 0 Å². The van der Waals surface area contributed by atoms with Crippen molar-refractivity contribution >= 4 is 16.5 Å². The summed E-state index contributed by atoms with van der Waals surface area (Å²) in [6.07, 6.45) is 2.01. The smallest absolute Gasteiger partial charge is 0.298 e. The maximum Gasteiger partial charge on any atom is 0.694 e. The third-order valence-electron chi connectivity index (χ3n) is 2.05. The monoisotopic (exact) mass is 287 g/mol. The topological polar surface area (TPSA) is 96.3 Å². The van der Waals surface area contributed by atoms with E-state index in [1.165, 1.54) is 0 Å². The zero-order valence-corrected chi connectivity index (χ0v) is 11.6. The Hall–Kier alpha value is -0.0000000000000000763. The van der Waals surface area contributed by atoms with Gasteiger partial charge in [-0.3, -0.25) is 4.90 Å². The van der Waals surface area contributed by atoms with Crippen LogP contribution in [0.25, 0.3) is 0 Å². The minimum absolute atomic E-state index is 0.153. The molecule has 0 radical (unpaired) electrons. The second-order valence-electron chi connectivity index (χ2n) is 3.34. The molecule has 17 heavy (non-hydrogen) atoms. The van der Waals surface area contributed by atoms with Crippen molar-refractivity contribution < 1.29 is 28.0 Å². The number of rotatable bonds is 11. The molecule has 0 saturated heterocycles. The highest BCUT2D eigenvalue weighted by Gasteiger charge is 2.16. The van der Waals surface area contributed by atoms with Gasteiger partial charge in [-0.2, -0.15) is 0 Å². The van der Waals surface area contributed by atoms with E-state index in [2.05, 4.69) is 16.0 Å². The Morgan fingerprint density at radius 1 is 1.00 bits per heavy atom. The molecular weight excluding hydrogens is 268 g/mol.